The summed E-state index contributed by atoms with van der Waals surface area (Å²) in [5.74, 6) is 0.416. The van der Waals surface area contributed by atoms with Crippen LogP contribution in [0.25, 0.3) is 16.7 Å². The fourth-order valence-electron chi connectivity index (χ4n) is 2.35. The molecular formula is C15H11Cl2FN2. The van der Waals surface area contributed by atoms with E-state index in [0.717, 1.165) is 16.6 Å². The van der Waals surface area contributed by atoms with Crippen molar-refractivity contribution < 1.29 is 4.39 Å². The molecule has 5 heteroatoms. The molecule has 0 N–H and O–H groups in total. The van der Waals surface area contributed by atoms with Crippen LogP contribution in [0.5, 0.6) is 0 Å². The predicted octanol–water partition coefficient (Wildman–Crippen LogP) is 4.87. The Balaban J connectivity index is 2.39. The zero-order chi connectivity index (χ0) is 14.3. The van der Waals surface area contributed by atoms with Crippen LogP contribution in [0.4, 0.5) is 4.39 Å². The summed E-state index contributed by atoms with van der Waals surface area (Å²) in [7, 11) is 0. The molecule has 0 radical (unpaired) electrons. The van der Waals surface area contributed by atoms with Gasteiger partial charge in [-0.3, -0.25) is 4.57 Å². The minimum Gasteiger partial charge on any atom is -0.292 e. The van der Waals surface area contributed by atoms with Crippen molar-refractivity contribution in [2.24, 2.45) is 0 Å². The number of nitrogens with zero attached hydrogens (tertiary/aromatic N) is 2. The number of aromatic nitrogens is 2. The van der Waals surface area contributed by atoms with Crippen LogP contribution >= 0.6 is 23.2 Å². The number of hydrogen-bond acceptors (Lipinski definition) is 1. The first-order valence-electron chi connectivity index (χ1n) is 6.10. The van der Waals surface area contributed by atoms with Gasteiger partial charge in [0.05, 0.1) is 22.6 Å². The highest BCUT2D eigenvalue weighted by molar-refractivity contribution is 6.30. The smallest absolute Gasteiger partial charge is 0.148 e. The molecule has 102 valence electrons. The number of imidazole rings is 1. The molecule has 0 saturated carbocycles. The zero-order valence-electron chi connectivity index (χ0n) is 10.7. The third kappa shape index (κ3) is 2.07. The first-order valence-corrected chi connectivity index (χ1v) is 7.01. The SMILES string of the molecule is Cc1cccc2nc(CCl)n(-c3ccc(Cl)cc3F)c12. The molecule has 0 saturated heterocycles. The minimum absolute atomic E-state index is 0.205. The first kappa shape index (κ1) is 13.4. The Bertz CT molecular complexity index is 796. The maximum atomic E-state index is 14.2. The summed E-state index contributed by atoms with van der Waals surface area (Å²) in [6.45, 7) is 1.96. The van der Waals surface area contributed by atoms with Gasteiger partial charge in [0.1, 0.15) is 11.6 Å². The number of benzene rings is 2. The highest BCUT2D eigenvalue weighted by Gasteiger charge is 2.16. The number of halogens is 3. The lowest BCUT2D eigenvalue weighted by Crippen LogP contribution is -2.02. The number of alkyl halides is 1. The van der Waals surface area contributed by atoms with Crippen LogP contribution in [0.15, 0.2) is 36.4 Å². The van der Waals surface area contributed by atoms with Crippen LogP contribution in [0.1, 0.15) is 11.4 Å². The standard InChI is InChI=1S/C15H11Cl2FN2/c1-9-3-2-4-12-15(9)20(14(8-16)19-12)13-6-5-10(17)7-11(13)18/h2-7H,8H2,1H3. The van der Waals surface area contributed by atoms with Crippen LogP contribution in [0.3, 0.4) is 0 Å². The van der Waals surface area contributed by atoms with Crippen molar-refractivity contribution in [2.45, 2.75) is 12.8 Å². The largest absolute Gasteiger partial charge is 0.292 e. The molecule has 20 heavy (non-hydrogen) atoms. The van der Waals surface area contributed by atoms with Crippen molar-refractivity contribution in [1.29, 1.82) is 0 Å². The number of fused-ring (bicyclic) bond motifs is 1. The molecule has 0 amide bonds. The molecule has 1 aromatic heterocycles. The first-order chi connectivity index (χ1) is 9.61. The molecule has 0 aliphatic carbocycles. The summed E-state index contributed by atoms with van der Waals surface area (Å²) in [4.78, 5) is 4.46. The Morgan fingerprint density at radius 2 is 2.05 bits per heavy atom. The number of para-hydroxylation sites is 1. The second kappa shape index (κ2) is 5.08. The van der Waals surface area contributed by atoms with Crippen molar-refractivity contribution >= 4 is 34.2 Å². The highest BCUT2D eigenvalue weighted by atomic mass is 35.5. The molecule has 0 bridgehead atoms. The Kier molecular flexibility index (Phi) is 3.40. The molecule has 2 aromatic carbocycles. The van der Waals surface area contributed by atoms with Crippen LogP contribution in [0, 0.1) is 12.7 Å². The van der Waals surface area contributed by atoms with Crippen molar-refractivity contribution in [3.8, 4) is 5.69 Å². The summed E-state index contributed by atoms with van der Waals surface area (Å²) < 4.78 is 16.0. The van der Waals surface area contributed by atoms with Gasteiger partial charge in [0, 0.05) is 5.02 Å². The fourth-order valence-corrected chi connectivity index (χ4v) is 2.69. The summed E-state index contributed by atoms with van der Waals surface area (Å²) in [5, 5.41) is 0.361. The normalized spacial score (nSPS) is 11.2. The zero-order valence-corrected chi connectivity index (χ0v) is 12.2. The van der Waals surface area contributed by atoms with E-state index < -0.39 is 5.82 Å². The summed E-state index contributed by atoms with van der Waals surface area (Å²) in [6.07, 6.45) is 0. The second-order valence-corrected chi connectivity index (χ2v) is 5.24. The maximum Gasteiger partial charge on any atom is 0.148 e. The van der Waals surface area contributed by atoms with E-state index in [4.69, 9.17) is 23.2 Å². The van der Waals surface area contributed by atoms with Crippen LogP contribution in [-0.4, -0.2) is 9.55 Å². The molecule has 0 aliphatic rings. The maximum absolute atomic E-state index is 14.2. The molecule has 0 spiro atoms. The lowest BCUT2D eigenvalue weighted by atomic mass is 10.2. The van der Waals surface area contributed by atoms with E-state index in [1.165, 1.54) is 6.07 Å². The van der Waals surface area contributed by atoms with Crippen LogP contribution in [-0.2, 0) is 5.88 Å². The summed E-state index contributed by atoms with van der Waals surface area (Å²) in [6, 6.07) is 10.4. The second-order valence-electron chi connectivity index (χ2n) is 4.54. The average Bonchev–Trinajstić information content (AvgIpc) is 2.79. The van der Waals surface area contributed by atoms with E-state index >= 15 is 0 Å². The number of rotatable bonds is 2. The Morgan fingerprint density at radius 1 is 1.25 bits per heavy atom. The lowest BCUT2D eigenvalue weighted by Gasteiger charge is -2.10. The van der Waals surface area contributed by atoms with Gasteiger partial charge in [0.25, 0.3) is 0 Å². The van der Waals surface area contributed by atoms with Crippen molar-refractivity contribution in [2.75, 3.05) is 0 Å². The molecule has 0 unspecified atom stereocenters. The van der Waals surface area contributed by atoms with Gasteiger partial charge in [0.2, 0.25) is 0 Å². The fraction of sp³-hybridized carbons (Fsp3) is 0.133. The molecular weight excluding hydrogens is 298 g/mol. The number of aryl methyl sites for hydroxylation is 1. The van der Waals surface area contributed by atoms with Gasteiger partial charge >= 0.3 is 0 Å². The summed E-state index contributed by atoms with van der Waals surface area (Å²) in [5.41, 5.74) is 3.09. The summed E-state index contributed by atoms with van der Waals surface area (Å²) >= 11 is 11.8. The van der Waals surface area contributed by atoms with Crippen molar-refractivity contribution in [3.63, 3.8) is 0 Å². The molecule has 0 atom stereocenters. The number of hydrogen-bond donors (Lipinski definition) is 0. The van der Waals surface area contributed by atoms with E-state index in [1.54, 1.807) is 16.7 Å². The third-order valence-electron chi connectivity index (χ3n) is 3.22. The van der Waals surface area contributed by atoms with Gasteiger partial charge in [0.15, 0.2) is 0 Å². The third-order valence-corrected chi connectivity index (χ3v) is 3.69. The minimum atomic E-state index is -0.397. The Hall–Kier alpha value is -1.58. The van der Waals surface area contributed by atoms with Gasteiger partial charge in [-0.1, -0.05) is 23.7 Å². The monoisotopic (exact) mass is 308 g/mol. The molecule has 3 rings (SSSR count). The topological polar surface area (TPSA) is 17.8 Å². The van der Waals surface area contributed by atoms with Crippen molar-refractivity contribution in [1.82, 2.24) is 9.55 Å². The van der Waals surface area contributed by atoms with Gasteiger partial charge in [-0.25, -0.2) is 9.37 Å². The van der Waals surface area contributed by atoms with Gasteiger partial charge in [-0.05, 0) is 36.8 Å². The van der Waals surface area contributed by atoms with E-state index in [2.05, 4.69) is 4.98 Å². The van der Waals surface area contributed by atoms with E-state index in [0.29, 0.717) is 16.5 Å². The van der Waals surface area contributed by atoms with Crippen LogP contribution < -0.4 is 0 Å². The molecule has 3 aromatic rings. The quantitative estimate of drug-likeness (QED) is 0.618. The average molecular weight is 309 g/mol. The lowest BCUT2D eigenvalue weighted by molar-refractivity contribution is 0.618. The molecule has 0 aliphatic heterocycles. The van der Waals surface area contributed by atoms with Gasteiger partial charge < -0.3 is 0 Å². The Morgan fingerprint density at radius 3 is 2.75 bits per heavy atom. The van der Waals surface area contributed by atoms with Gasteiger partial charge in [-0.15, -0.1) is 11.6 Å². The van der Waals surface area contributed by atoms with Crippen molar-refractivity contribution in [3.05, 3.63) is 58.6 Å². The molecule has 0 fully saturated rings. The highest BCUT2D eigenvalue weighted by Crippen LogP contribution is 2.27. The molecule has 1 heterocycles. The van der Waals surface area contributed by atoms with Gasteiger partial charge in [-0.2, -0.15) is 0 Å². The van der Waals surface area contributed by atoms with E-state index in [9.17, 15) is 4.39 Å². The van der Waals surface area contributed by atoms with Crippen LogP contribution in [0.2, 0.25) is 5.02 Å². The molecule has 2 nitrogen and oxygen atoms in total. The van der Waals surface area contributed by atoms with E-state index in [-0.39, 0.29) is 5.88 Å². The predicted molar refractivity (Wildman–Crippen MR) is 80.3 cm³/mol. The van der Waals surface area contributed by atoms with E-state index in [1.807, 2.05) is 25.1 Å². The Labute approximate surface area is 125 Å².